The van der Waals surface area contributed by atoms with E-state index in [0.29, 0.717) is 23.3 Å². The molecule has 0 saturated heterocycles. The van der Waals surface area contributed by atoms with Gasteiger partial charge in [0.15, 0.2) is 5.78 Å². The zero-order valence-corrected chi connectivity index (χ0v) is 10.1. The number of rotatable bonds is 1. The van der Waals surface area contributed by atoms with Crippen molar-refractivity contribution in [3.8, 4) is 6.07 Å². The van der Waals surface area contributed by atoms with Gasteiger partial charge in [0, 0.05) is 24.3 Å². The standard InChI is InChI=1S/C13H16N2O2/c1-7(2)11-8(6-14)13(15)17-10-5-3-4-9(16)12(10)11/h7,11H,3-5,15H2,1-2H3. The van der Waals surface area contributed by atoms with Gasteiger partial charge in [-0.2, -0.15) is 5.26 Å². The maximum absolute atomic E-state index is 12.0. The van der Waals surface area contributed by atoms with E-state index in [1.54, 1.807) is 0 Å². The van der Waals surface area contributed by atoms with E-state index in [0.717, 1.165) is 12.8 Å². The number of Topliss-reactive ketones (excluding diaryl/α,β-unsaturated/α-hetero) is 1. The second-order valence-corrected chi connectivity index (χ2v) is 4.83. The summed E-state index contributed by atoms with van der Waals surface area (Å²) in [5, 5.41) is 9.16. The van der Waals surface area contributed by atoms with E-state index in [2.05, 4.69) is 6.07 Å². The van der Waals surface area contributed by atoms with Crippen LogP contribution in [0.25, 0.3) is 0 Å². The predicted octanol–water partition coefficient (Wildman–Crippen LogP) is 1.99. The summed E-state index contributed by atoms with van der Waals surface area (Å²) in [5.74, 6) is 0.914. The lowest BCUT2D eigenvalue weighted by Crippen LogP contribution is -2.31. The molecule has 0 spiro atoms. The van der Waals surface area contributed by atoms with Gasteiger partial charge in [-0.1, -0.05) is 13.8 Å². The third kappa shape index (κ3) is 1.82. The molecule has 0 saturated carbocycles. The summed E-state index contributed by atoms with van der Waals surface area (Å²) in [4.78, 5) is 12.0. The first kappa shape index (κ1) is 11.7. The van der Waals surface area contributed by atoms with E-state index in [1.165, 1.54) is 0 Å². The molecule has 1 heterocycles. The number of nitrogens with two attached hydrogens (primary N) is 1. The van der Waals surface area contributed by atoms with Gasteiger partial charge in [0.1, 0.15) is 11.8 Å². The molecule has 2 aliphatic rings. The van der Waals surface area contributed by atoms with Crippen LogP contribution in [0.1, 0.15) is 33.1 Å². The summed E-state index contributed by atoms with van der Waals surface area (Å²) in [6.07, 6.45) is 2.09. The van der Waals surface area contributed by atoms with Crippen LogP contribution < -0.4 is 5.73 Å². The summed E-state index contributed by atoms with van der Waals surface area (Å²) in [6, 6.07) is 2.08. The SMILES string of the molecule is CC(C)C1C(C#N)=C(N)OC2=C1C(=O)CCC2. The fourth-order valence-corrected chi connectivity index (χ4v) is 2.56. The second-order valence-electron chi connectivity index (χ2n) is 4.83. The van der Waals surface area contributed by atoms with Gasteiger partial charge in [0.25, 0.3) is 0 Å². The number of ketones is 1. The molecule has 4 nitrogen and oxygen atoms in total. The molecule has 17 heavy (non-hydrogen) atoms. The quantitative estimate of drug-likeness (QED) is 0.750. The third-order valence-electron chi connectivity index (χ3n) is 3.32. The second kappa shape index (κ2) is 4.25. The van der Waals surface area contributed by atoms with Crippen molar-refractivity contribution in [1.29, 1.82) is 5.26 Å². The summed E-state index contributed by atoms with van der Waals surface area (Å²) >= 11 is 0. The molecule has 0 bridgehead atoms. The number of carbonyl (C=O) groups is 1. The zero-order chi connectivity index (χ0) is 12.6. The van der Waals surface area contributed by atoms with Gasteiger partial charge in [-0.25, -0.2) is 0 Å². The van der Waals surface area contributed by atoms with Crippen molar-refractivity contribution in [1.82, 2.24) is 0 Å². The number of nitriles is 1. The van der Waals surface area contributed by atoms with Crippen molar-refractivity contribution in [3.05, 3.63) is 22.8 Å². The molecule has 2 rings (SSSR count). The molecule has 2 N–H and O–H groups in total. The Bertz CT molecular complexity index is 466. The topological polar surface area (TPSA) is 76.1 Å². The van der Waals surface area contributed by atoms with E-state index >= 15 is 0 Å². The Morgan fingerprint density at radius 1 is 1.47 bits per heavy atom. The van der Waals surface area contributed by atoms with Crippen LogP contribution in [-0.4, -0.2) is 5.78 Å². The minimum atomic E-state index is -0.198. The average molecular weight is 232 g/mol. The van der Waals surface area contributed by atoms with Crippen LogP contribution in [0.2, 0.25) is 0 Å². The van der Waals surface area contributed by atoms with Crippen LogP contribution in [-0.2, 0) is 9.53 Å². The molecule has 0 aromatic rings. The zero-order valence-electron chi connectivity index (χ0n) is 10.1. The number of hydrogen-bond donors (Lipinski definition) is 1. The molecule has 0 aromatic heterocycles. The molecule has 0 amide bonds. The molecular formula is C13H16N2O2. The van der Waals surface area contributed by atoms with Gasteiger partial charge >= 0.3 is 0 Å². The largest absolute Gasteiger partial charge is 0.444 e. The van der Waals surface area contributed by atoms with Crippen molar-refractivity contribution < 1.29 is 9.53 Å². The van der Waals surface area contributed by atoms with Crippen molar-refractivity contribution in [3.63, 3.8) is 0 Å². The third-order valence-corrected chi connectivity index (χ3v) is 3.32. The fraction of sp³-hybridized carbons (Fsp3) is 0.538. The lowest BCUT2D eigenvalue weighted by atomic mass is 9.76. The highest BCUT2D eigenvalue weighted by Crippen LogP contribution is 2.40. The van der Waals surface area contributed by atoms with Crippen LogP contribution in [0, 0.1) is 23.2 Å². The lowest BCUT2D eigenvalue weighted by molar-refractivity contribution is -0.117. The maximum Gasteiger partial charge on any atom is 0.204 e. The smallest absolute Gasteiger partial charge is 0.204 e. The molecule has 1 unspecified atom stereocenters. The van der Waals surface area contributed by atoms with E-state index in [-0.39, 0.29) is 23.5 Å². The summed E-state index contributed by atoms with van der Waals surface area (Å²) in [6.45, 7) is 3.99. The Balaban J connectivity index is 2.52. The molecule has 4 heteroatoms. The number of nitrogens with zero attached hydrogens (tertiary/aromatic N) is 1. The van der Waals surface area contributed by atoms with Crippen LogP contribution in [0.5, 0.6) is 0 Å². The average Bonchev–Trinajstić information content (AvgIpc) is 2.27. The molecule has 0 fully saturated rings. The Kier molecular flexibility index (Phi) is 2.93. The molecule has 90 valence electrons. The highest BCUT2D eigenvalue weighted by Gasteiger charge is 2.38. The van der Waals surface area contributed by atoms with Crippen LogP contribution in [0.3, 0.4) is 0 Å². The summed E-state index contributed by atoms with van der Waals surface area (Å²) in [5.41, 5.74) is 6.83. The lowest BCUT2D eigenvalue weighted by Gasteiger charge is -2.32. The van der Waals surface area contributed by atoms with Crippen molar-refractivity contribution in [2.45, 2.75) is 33.1 Å². The molecule has 0 aromatic carbocycles. The number of carbonyl (C=O) groups excluding carboxylic acids is 1. The van der Waals surface area contributed by atoms with Crippen LogP contribution in [0.4, 0.5) is 0 Å². The first-order valence-corrected chi connectivity index (χ1v) is 5.90. The van der Waals surface area contributed by atoms with Crippen molar-refractivity contribution >= 4 is 5.78 Å². The first-order chi connectivity index (χ1) is 8.06. The molecule has 0 radical (unpaired) electrons. The monoisotopic (exact) mass is 232 g/mol. The Morgan fingerprint density at radius 2 is 2.18 bits per heavy atom. The Labute approximate surface area is 101 Å². The molecule has 1 aliphatic heterocycles. The number of hydrogen-bond acceptors (Lipinski definition) is 4. The van der Waals surface area contributed by atoms with E-state index in [9.17, 15) is 4.79 Å². The van der Waals surface area contributed by atoms with Gasteiger partial charge in [-0.3, -0.25) is 4.79 Å². The van der Waals surface area contributed by atoms with E-state index in [1.807, 2.05) is 13.8 Å². The fourth-order valence-electron chi connectivity index (χ4n) is 2.56. The molecule has 1 aliphatic carbocycles. The Hall–Kier alpha value is -1.76. The van der Waals surface area contributed by atoms with Crippen LogP contribution >= 0.6 is 0 Å². The van der Waals surface area contributed by atoms with Gasteiger partial charge < -0.3 is 10.5 Å². The van der Waals surface area contributed by atoms with Crippen LogP contribution in [0.15, 0.2) is 22.8 Å². The molecule has 1 atom stereocenters. The maximum atomic E-state index is 12.0. The predicted molar refractivity (Wildman–Crippen MR) is 62.1 cm³/mol. The van der Waals surface area contributed by atoms with Gasteiger partial charge in [-0.15, -0.1) is 0 Å². The minimum Gasteiger partial charge on any atom is -0.444 e. The number of ether oxygens (including phenoxy) is 1. The van der Waals surface area contributed by atoms with Gasteiger partial charge in [0.2, 0.25) is 5.88 Å². The highest BCUT2D eigenvalue weighted by atomic mass is 16.5. The van der Waals surface area contributed by atoms with E-state index in [4.69, 9.17) is 15.7 Å². The first-order valence-electron chi connectivity index (χ1n) is 5.90. The molecular weight excluding hydrogens is 216 g/mol. The summed E-state index contributed by atoms with van der Waals surface area (Å²) < 4.78 is 5.44. The van der Waals surface area contributed by atoms with Crippen molar-refractivity contribution in [2.24, 2.45) is 17.6 Å². The van der Waals surface area contributed by atoms with E-state index < -0.39 is 0 Å². The minimum absolute atomic E-state index is 0.102. The van der Waals surface area contributed by atoms with Gasteiger partial charge in [0.05, 0.1) is 5.57 Å². The normalized spacial score (nSPS) is 24.6. The highest BCUT2D eigenvalue weighted by molar-refractivity contribution is 5.98. The summed E-state index contributed by atoms with van der Waals surface area (Å²) in [7, 11) is 0. The van der Waals surface area contributed by atoms with Crippen molar-refractivity contribution in [2.75, 3.05) is 0 Å². The number of allylic oxidation sites excluding steroid dienone is 3. The Morgan fingerprint density at radius 3 is 2.76 bits per heavy atom. The van der Waals surface area contributed by atoms with Gasteiger partial charge in [-0.05, 0) is 12.3 Å².